The van der Waals surface area contributed by atoms with Gasteiger partial charge in [0.15, 0.2) is 0 Å². The Morgan fingerprint density at radius 2 is 1.50 bits per heavy atom. The second kappa shape index (κ2) is 18.6. The zero-order chi connectivity index (χ0) is 25.1. The van der Waals surface area contributed by atoms with Crippen LogP contribution in [0.2, 0.25) is 0 Å². The molecule has 0 aliphatic carbocycles. The number of rotatable bonds is 20. The minimum absolute atomic E-state index is 0.117. The number of hydrogen-bond donors (Lipinski definition) is 0. The second-order valence-electron chi connectivity index (χ2n) is 9.13. The Balaban J connectivity index is 2.33. The first kappa shape index (κ1) is 30.4. The maximum Gasteiger partial charge on any atom is 0.305 e. The zero-order valence-corrected chi connectivity index (χ0v) is 22.4. The van der Waals surface area contributed by atoms with Crippen LogP contribution in [0.4, 0.5) is 0 Å². The molecular formula is C28H46O5S. The standard InChI is InChI=1S/C28H46O5S/c1-4-5-6-15-18-26(33-34(30,31)27-23-21-25(2)22-24-27)19-16-13-11-9-7-8-10-12-14-17-20-28(29)32-3/h13,16,21-24,26H,4-12,14-15,17-20H2,1-3H3/b16-13-/t26-/m1/s1. The minimum Gasteiger partial charge on any atom is -0.469 e. The van der Waals surface area contributed by atoms with Crippen molar-refractivity contribution in [2.75, 3.05) is 7.11 Å². The third-order valence-corrected chi connectivity index (χ3v) is 7.37. The molecule has 0 fully saturated rings. The molecule has 0 radical (unpaired) electrons. The summed E-state index contributed by atoms with van der Waals surface area (Å²) in [5.74, 6) is -0.117. The van der Waals surface area contributed by atoms with Gasteiger partial charge in [0.05, 0.1) is 18.1 Å². The molecule has 0 aromatic heterocycles. The van der Waals surface area contributed by atoms with Gasteiger partial charge in [0, 0.05) is 6.42 Å². The molecule has 0 saturated heterocycles. The van der Waals surface area contributed by atoms with Crippen LogP contribution in [-0.2, 0) is 23.8 Å². The fraction of sp³-hybridized carbons (Fsp3) is 0.679. The van der Waals surface area contributed by atoms with E-state index in [9.17, 15) is 13.2 Å². The summed E-state index contributed by atoms with van der Waals surface area (Å²) in [6.07, 6.45) is 19.2. The van der Waals surface area contributed by atoms with Gasteiger partial charge in [-0.2, -0.15) is 8.42 Å². The lowest BCUT2D eigenvalue weighted by atomic mass is 10.1. The third kappa shape index (κ3) is 14.6. The van der Waals surface area contributed by atoms with E-state index < -0.39 is 10.1 Å². The molecule has 0 spiro atoms. The van der Waals surface area contributed by atoms with Crippen LogP contribution in [0.5, 0.6) is 0 Å². The summed E-state index contributed by atoms with van der Waals surface area (Å²) < 4.78 is 35.7. The maximum absolute atomic E-state index is 12.7. The molecule has 0 amide bonds. The predicted molar refractivity (Wildman–Crippen MR) is 139 cm³/mol. The zero-order valence-electron chi connectivity index (χ0n) is 21.6. The highest BCUT2D eigenvalue weighted by Crippen LogP contribution is 2.20. The van der Waals surface area contributed by atoms with Gasteiger partial charge in [-0.1, -0.05) is 94.6 Å². The van der Waals surface area contributed by atoms with Crippen molar-refractivity contribution in [1.82, 2.24) is 0 Å². The fourth-order valence-corrected chi connectivity index (χ4v) is 4.94. The Morgan fingerprint density at radius 3 is 2.15 bits per heavy atom. The van der Waals surface area contributed by atoms with Crippen LogP contribution < -0.4 is 0 Å². The largest absolute Gasteiger partial charge is 0.469 e. The Morgan fingerprint density at radius 1 is 0.882 bits per heavy atom. The Labute approximate surface area is 208 Å². The van der Waals surface area contributed by atoms with Gasteiger partial charge in [-0.25, -0.2) is 0 Å². The second-order valence-corrected chi connectivity index (χ2v) is 10.7. The lowest BCUT2D eigenvalue weighted by Crippen LogP contribution is -2.18. The predicted octanol–water partition coefficient (Wildman–Crippen LogP) is 7.67. The Bertz CT molecular complexity index is 784. The van der Waals surface area contributed by atoms with Gasteiger partial charge in [0.2, 0.25) is 0 Å². The van der Waals surface area contributed by atoms with E-state index in [-0.39, 0.29) is 17.0 Å². The van der Waals surface area contributed by atoms with Crippen LogP contribution in [0.3, 0.4) is 0 Å². The van der Waals surface area contributed by atoms with E-state index in [0.29, 0.717) is 12.8 Å². The molecule has 0 aliphatic heterocycles. The van der Waals surface area contributed by atoms with Gasteiger partial charge >= 0.3 is 5.97 Å². The van der Waals surface area contributed by atoms with Gasteiger partial charge in [-0.05, 0) is 51.2 Å². The van der Waals surface area contributed by atoms with Crippen LogP contribution in [0.25, 0.3) is 0 Å². The highest BCUT2D eigenvalue weighted by molar-refractivity contribution is 7.86. The van der Waals surface area contributed by atoms with Crippen molar-refractivity contribution in [1.29, 1.82) is 0 Å². The van der Waals surface area contributed by atoms with E-state index in [4.69, 9.17) is 4.18 Å². The number of unbranched alkanes of at least 4 members (excludes halogenated alkanes) is 10. The average Bonchev–Trinajstić information content (AvgIpc) is 2.82. The van der Waals surface area contributed by atoms with Crippen molar-refractivity contribution in [3.05, 3.63) is 42.0 Å². The summed E-state index contributed by atoms with van der Waals surface area (Å²) in [5.41, 5.74) is 1.02. The van der Waals surface area contributed by atoms with Crippen LogP contribution in [0, 0.1) is 6.92 Å². The van der Waals surface area contributed by atoms with Gasteiger partial charge in [0.25, 0.3) is 10.1 Å². The van der Waals surface area contributed by atoms with E-state index in [1.54, 1.807) is 24.3 Å². The summed E-state index contributed by atoms with van der Waals surface area (Å²) in [7, 11) is -2.31. The first-order chi connectivity index (χ1) is 16.4. The summed E-state index contributed by atoms with van der Waals surface area (Å²) in [6, 6.07) is 6.84. The number of esters is 1. The molecule has 1 aromatic carbocycles. The SMILES string of the molecule is CCCCCC[C@H](C/C=C\CCCCCCCCCC(=O)OC)OS(=O)(=O)c1ccc(C)cc1. The number of hydrogen-bond acceptors (Lipinski definition) is 5. The maximum atomic E-state index is 12.7. The molecule has 1 rings (SSSR count). The molecule has 1 aromatic rings. The highest BCUT2D eigenvalue weighted by atomic mass is 32.2. The summed E-state index contributed by atoms with van der Waals surface area (Å²) in [4.78, 5) is 11.3. The third-order valence-electron chi connectivity index (χ3n) is 6.00. The lowest BCUT2D eigenvalue weighted by molar-refractivity contribution is -0.140. The summed E-state index contributed by atoms with van der Waals surface area (Å²) in [5, 5.41) is 0. The van der Waals surface area contributed by atoms with Gasteiger partial charge < -0.3 is 4.74 Å². The number of ether oxygens (including phenoxy) is 1. The van der Waals surface area contributed by atoms with E-state index >= 15 is 0 Å². The summed E-state index contributed by atoms with van der Waals surface area (Å²) >= 11 is 0. The number of allylic oxidation sites excluding steroid dienone is 1. The lowest BCUT2D eigenvalue weighted by Gasteiger charge is -2.16. The van der Waals surface area contributed by atoms with Crippen molar-refractivity contribution in [3.8, 4) is 0 Å². The van der Waals surface area contributed by atoms with Crippen LogP contribution in [0.1, 0.15) is 109 Å². The molecule has 194 valence electrons. The van der Waals surface area contributed by atoms with Crippen molar-refractivity contribution in [2.24, 2.45) is 0 Å². The molecule has 0 bridgehead atoms. The van der Waals surface area contributed by atoms with Gasteiger partial charge in [-0.15, -0.1) is 0 Å². The fourth-order valence-electron chi connectivity index (χ4n) is 3.83. The number of carbonyl (C=O) groups is 1. The van der Waals surface area contributed by atoms with Crippen LogP contribution in [0.15, 0.2) is 41.3 Å². The van der Waals surface area contributed by atoms with Crippen molar-refractivity contribution < 1.29 is 22.1 Å². The van der Waals surface area contributed by atoms with Gasteiger partial charge in [0.1, 0.15) is 0 Å². The molecule has 6 heteroatoms. The normalized spacial score (nSPS) is 12.8. The molecule has 0 N–H and O–H groups in total. The number of aryl methyl sites for hydroxylation is 1. The molecule has 0 saturated carbocycles. The number of carbonyl (C=O) groups excluding carboxylic acids is 1. The molecule has 1 atom stereocenters. The highest BCUT2D eigenvalue weighted by Gasteiger charge is 2.21. The van der Waals surface area contributed by atoms with E-state index in [1.807, 2.05) is 6.92 Å². The average molecular weight is 495 g/mol. The molecular weight excluding hydrogens is 448 g/mol. The molecule has 0 unspecified atom stereocenters. The molecule has 0 heterocycles. The number of benzene rings is 1. The van der Waals surface area contributed by atoms with Crippen LogP contribution in [-0.4, -0.2) is 27.6 Å². The first-order valence-corrected chi connectivity index (χ1v) is 14.5. The smallest absolute Gasteiger partial charge is 0.305 e. The van der Waals surface area contributed by atoms with Crippen molar-refractivity contribution in [3.63, 3.8) is 0 Å². The Hall–Kier alpha value is -1.66. The van der Waals surface area contributed by atoms with E-state index in [1.165, 1.54) is 39.2 Å². The molecule has 34 heavy (non-hydrogen) atoms. The monoisotopic (exact) mass is 494 g/mol. The quantitative estimate of drug-likeness (QED) is 0.0805. The topological polar surface area (TPSA) is 69.7 Å². The van der Waals surface area contributed by atoms with E-state index in [2.05, 4.69) is 23.8 Å². The minimum atomic E-state index is -3.75. The van der Waals surface area contributed by atoms with Crippen molar-refractivity contribution in [2.45, 2.75) is 121 Å². The molecule has 0 aliphatic rings. The van der Waals surface area contributed by atoms with Crippen molar-refractivity contribution >= 4 is 16.1 Å². The summed E-state index contributed by atoms with van der Waals surface area (Å²) in [6.45, 7) is 4.11. The number of methoxy groups -OCH3 is 1. The first-order valence-electron chi connectivity index (χ1n) is 13.1. The molecule has 5 nitrogen and oxygen atoms in total. The Kier molecular flexibility index (Phi) is 16.7. The van der Waals surface area contributed by atoms with Gasteiger partial charge in [-0.3, -0.25) is 8.98 Å². The van der Waals surface area contributed by atoms with Crippen LogP contribution >= 0.6 is 0 Å². The van der Waals surface area contributed by atoms with E-state index in [0.717, 1.165) is 56.9 Å².